The molecular formula is C15H15Cl2N7S2. The first-order chi connectivity index (χ1) is 12.2. The molecule has 0 aromatic carbocycles. The highest BCUT2D eigenvalue weighted by Crippen LogP contribution is 2.30. The van der Waals surface area contributed by atoms with Crippen molar-refractivity contribution in [3.8, 4) is 0 Å². The maximum absolute atomic E-state index is 5.99. The van der Waals surface area contributed by atoms with Crippen molar-refractivity contribution in [2.75, 3.05) is 5.32 Å². The Bertz CT molecular complexity index is 939. The van der Waals surface area contributed by atoms with E-state index >= 15 is 0 Å². The number of aromatic nitrogens is 5. The minimum absolute atomic E-state index is 0.0901. The predicted molar refractivity (Wildman–Crippen MR) is 107 cm³/mol. The number of hydrogen-bond donors (Lipinski definition) is 1. The highest BCUT2D eigenvalue weighted by atomic mass is 35.5. The number of rotatable bonds is 3. The van der Waals surface area contributed by atoms with Crippen LogP contribution >= 0.6 is 46.1 Å². The van der Waals surface area contributed by atoms with Crippen LogP contribution in [0.5, 0.6) is 0 Å². The molecule has 0 unspecified atom stereocenters. The van der Waals surface area contributed by atoms with Crippen LogP contribution in [0.4, 0.5) is 10.8 Å². The van der Waals surface area contributed by atoms with Gasteiger partial charge in [-0.25, -0.2) is 4.98 Å². The zero-order valence-corrected chi connectivity index (χ0v) is 17.6. The molecule has 0 fully saturated rings. The maximum atomic E-state index is 5.99. The van der Waals surface area contributed by atoms with E-state index in [4.69, 9.17) is 23.2 Å². The van der Waals surface area contributed by atoms with E-state index < -0.39 is 0 Å². The molecule has 26 heavy (non-hydrogen) atoms. The fourth-order valence-corrected chi connectivity index (χ4v) is 3.76. The van der Waals surface area contributed by atoms with Gasteiger partial charge in [-0.1, -0.05) is 59.8 Å². The Morgan fingerprint density at radius 3 is 2.35 bits per heavy atom. The quantitative estimate of drug-likeness (QED) is 0.363. The fourth-order valence-electron chi connectivity index (χ4n) is 1.92. The fraction of sp³-hybridized carbons (Fsp3) is 0.333. The zero-order valence-electron chi connectivity index (χ0n) is 14.4. The van der Waals surface area contributed by atoms with Gasteiger partial charge < -0.3 is 5.32 Å². The molecule has 7 nitrogen and oxygen atoms in total. The second-order valence-electron chi connectivity index (χ2n) is 6.41. The number of aryl methyl sites for hydroxylation is 1. The molecule has 3 rings (SSSR count). The van der Waals surface area contributed by atoms with E-state index in [2.05, 4.69) is 55.8 Å². The van der Waals surface area contributed by atoms with Gasteiger partial charge in [-0.05, 0) is 30.6 Å². The highest BCUT2D eigenvalue weighted by Gasteiger charge is 2.20. The second-order valence-corrected chi connectivity index (χ2v) is 8.90. The number of halogens is 2. The van der Waals surface area contributed by atoms with Gasteiger partial charge in [-0.2, -0.15) is 4.99 Å². The highest BCUT2D eigenvalue weighted by molar-refractivity contribution is 7.15. The molecule has 0 aliphatic heterocycles. The molecule has 0 amide bonds. The summed E-state index contributed by atoms with van der Waals surface area (Å²) < 4.78 is 3.98. The van der Waals surface area contributed by atoms with Crippen LogP contribution in [0, 0.1) is 6.92 Å². The van der Waals surface area contributed by atoms with Gasteiger partial charge in [0.15, 0.2) is 5.84 Å². The normalized spacial score (nSPS) is 12.5. The number of pyridine rings is 1. The number of nitrogens with zero attached hydrogens (tertiary/aromatic N) is 6. The van der Waals surface area contributed by atoms with E-state index in [-0.39, 0.29) is 15.7 Å². The van der Waals surface area contributed by atoms with E-state index in [1.807, 2.05) is 6.92 Å². The maximum Gasteiger partial charge on any atom is 0.233 e. The lowest BCUT2D eigenvalue weighted by atomic mass is 9.98. The summed E-state index contributed by atoms with van der Waals surface area (Å²) in [6.45, 7) is 8.11. The standard InChI is InChI=1S/C15H15Cl2N7S2/c1-7-11(26-24-21-7)12(18-8-5-9(16)19-10(17)6-8)20-14-23-22-13(25-14)15(2,3)4/h5-6H,1-4H3,(H,18,19,20,23). The number of nitrogens with one attached hydrogen (secondary N) is 1. The molecule has 3 aromatic heterocycles. The van der Waals surface area contributed by atoms with Crippen LogP contribution in [-0.4, -0.2) is 30.6 Å². The average molecular weight is 428 g/mol. The Hall–Kier alpha value is -1.68. The molecule has 3 heterocycles. The van der Waals surface area contributed by atoms with Gasteiger partial charge in [0.25, 0.3) is 0 Å². The van der Waals surface area contributed by atoms with Crippen LogP contribution in [0.1, 0.15) is 36.3 Å². The molecule has 0 spiro atoms. The van der Waals surface area contributed by atoms with Crippen molar-refractivity contribution >= 4 is 62.7 Å². The van der Waals surface area contributed by atoms with Gasteiger partial charge in [-0.3, -0.25) is 0 Å². The largest absolute Gasteiger partial charge is 0.339 e. The van der Waals surface area contributed by atoms with Crippen LogP contribution in [0.2, 0.25) is 10.3 Å². The molecule has 0 bridgehead atoms. The van der Waals surface area contributed by atoms with Crippen molar-refractivity contribution in [2.24, 2.45) is 4.99 Å². The summed E-state index contributed by atoms with van der Waals surface area (Å²) in [4.78, 5) is 9.36. The van der Waals surface area contributed by atoms with E-state index in [9.17, 15) is 0 Å². The molecule has 0 aliphatic carbocycles. The van der Waals surface area contributed by atoms with Gasteiger partial charge in [0.1, 0.15) is 20.2 Å². The summed E-state index contributed by atoms with van der Waals surface area (Å²) in [6, 6.07) is 3.32. The summed E-state index contributed by atoms with van der Waals surface area (Å²) in [5, 5.41) is 17.7. The van der Waals surface area contributed by atoms with Crippen LogP contribution in [0.3, 0.4) is 0 Å². The monoisotopic (exact) mass is 427 g/mol. The molecule has 136 valence electrons. The van der Waals surface area contributed by atoms with Crippen molar-refractivity contribution in [3.05, 3.63) is 38.0 Å². The van der Waals surface area contributed by atoms with Crippen molar-refractivity contribution in [3.63, 3.8) is 0 Å². The van der Waals surface area contributed by atoms with Gasteiger partial charge in [0.05, 0.1) is 5.69 Å². The lowest BCUT2D eigenvalue weighted by Gasteiger charge is -2.12. The number of aliphatic imine (C=N–C) groups is 1. The first-order valence-electron chi connectivity index (χ1n) is 7.54. The van der Waals surface area contributed by atoms with Crippen molar-refractivity contribution in [1.29, 1.82) is 0 Å². The van der Waals surface area contributed by atoms with Crippen molar-refractivity contribution in [2.45, 2.75) is 33.1 Å². The molecule has 0 saturated heterocycles. The van der Waals surface area contributed by atoms with E-state index in [0.717, 1.165) is 15.6 Å². The molecule has 0 aliphatic rings. The molecule has 0 radical (unpaired) electrons. The molecule has 0 saturated carbocycles. The Kier molecular flexibility index (Phi) is 5.52. The summed E-state index contributed by atoms with van der Waals surface area (Å²) in [5.74, 6) is 0.549. The summed E-state index contributed by atoms with van der Waals surface area (Å²) in [5.41, 5.74) is 1.32. The molecule has 1 N–H and O–H groups in total. The Morgan fingerprint density at radius 2 is 1.81 bits per heavy atom. The van der Waals surface area contributed by atoms with E-state index in [1.54, 1.807) is 12.1 Å². The Morgan fingerprint density at radius 1 is 1.12 bits per heavy atom. The number of amidine groups is 1. The van der Waals surface area contributed by atoms with E-state index in [1.165, 1.54) is 22.9 Å². The first-order valence-corrected chi connectivity index (χ1v) is 9.89. The third-order valence-electron chi connectivity index (χ3n) is 3.16. The van der Waals surface area contributed by atoms with Gasteiger partial charge in [-0.15, -0.1) is 15.3 Å². The topological polar surface area (TPSA) is 88.8 Å². The van der Waals surface area contributed by atoms with Gasteiger partial charge in [0.2, 0.25) is 5.13 Å². The number of anilines is 1. The predicted octanol–water partition coefficient (Wildman–Crippen LogP) is 4.89. The SMILES string of the molecule is Cc1nnsc1/C(=N\c1nnc(C(C)(C)C)s1)Nc1cc(Cl)nc(Cl)c1. The Balaban J connectivity index is 2.01. The van der Waals surface area contributed by atoms with Gasteiger partial charge >= 0.3 is 0 Å². The molecule has 11 heteroatoms. The summed E-state index contributed by atoms with van der Waals surface area (Å²) in [6.07, 6.45) is 0. The van der Waals surface area contributed by atoms with Crippen LogP contribution in [0.15, 0.2) is 17.1 Å². The minimum atomic E-state index is -0.0901. The summed E-state index contributed by atoms with van der Waals surface area (Å²) in [7, 11) is 0. The smallest absolute Gasteiger partial charge is 0.233 e. The minimum Gasteiger partial charge on any atom is -0.339 e. The van der Waals surface area contributed by atoms with Crippen LogP contribution in [-0.2, 0) is 5.41 Å². The van der Waals surface area contributed by atoms with Crippen molar-refractivity contribution < 1.29 is 0 Å². The molecule has 3 aromatic rings. The first kappa shape index (κ1) is 19.1. The summed E-state index contributed by atoms with van der Waals surface area (Å²) >= 11 is 14.6. The van der Waals surface area contributed by atoms with Crippen LogP contribution in [0.25, 0.3) is 0 Å². The van der Waals surface area contributed by atoms with Crippen molar-refractivity contribution in [1.82, 2.24) is 24.8 Å². The van der Waals surface area contributed by atoms with E-state index in [0.29, 0.717) is 16.7 Å². The zero-order chi connectivity index (χ0) is 18.9. The molecule has 0 atom stereocenters. The third-order valence-corrected chi connectivity index (χ3v) is 5.62. The third kappa shape index (κ3) is 4.53. The average Bonchev–Trinajstić information content (AvgIpc) is 3.14. The lowest BCUT2D eigenvalue weighted by Crippen LogP contribution is -2.13. The Labute approximate surface area is 168 Å². The molecular weight excluding hydrogens is 413 g/mol. The van der Waals surface area contributed by atoms with Crippen LogP contribution < -0.4 is 5.32 Å². The van der Waals surface area contributed by atoms with Gasteiger partial charge in [0, 0.05) is 11.1 Å². The lowest BCUT2D eigenvalue weighted by molar-refractivity contribution is 0.578. The number of hydrogen-bond acceptors (Lipinski definition) is 8. The second kappa shape index (κ2) is 7.51.